The lowest BCUT2D eigenvalue weighted by atomic mass is 10.3. The van der Waals surface area contributed by atoms with Gasteiger partial charge in [-0.2, -0.15) is 4.98 Å². The molecule has 1 aliphatic rings. The van der Waals surface area contributed by atoms with E-state index < -0.39 is 4.92 Å². The van der Waals surface area contributed by atoms with E-state index in [9.17, 15) is 10.1 Å². The van der Waals surface area contributed by atoms with Gasteiger partial charge in [0.05, 0.1) is 12.0 Å². The van der Waals surface area contributed by atoms with Crippen molar-refractivity contribution >= 4 is 11.5 Å². The maximum Gasteiger partial charge on any atom is 0.373 e. The Hall–Kier alpha value is -2.94. The van der Waals surface area contributed by atoms with E-state index in [4.69, 9.17) is 9.47 Å². The van der Waals surface area contributed by atoms with E-state index in [-0.39, 0.29) is 17.4 Å². The smallest absolute Gasteiger partial charge is 0.373 e. The molecule has 25 heavy (non-hydrogen) atoms. The van der Waals surface area contributed by atoms with Gasteiger partial charge in [-0.3, -0.25) is 10.1 Å². The van der Waals surface area contributed by atoms with Crippen molar-refractivity contribution in [3.8, 4) is 17.4 Å². The molecule has 1 aromatic carbocycles. The fourth-order valence-corrected chi connectivity index (χ4v) is 2.65. The topological polar surface area (TPSA) is 93.9 Å². The molecule has 132 valence electrons. The summed E-state index contributed by atoms with van der Waals surface area (Å²) in [4.78, 5) is 23.3. The fraction of sp³-hybridized carbons (Fsp3) is 0.375. The van der Waals surface area contributed by atoms with Gasteiger partial charge in [0.2, 0.25) is 5.82 Å². The van der Waals surface area contributed by atoms with Gasteiger partial charge in [0.15, 0.2) is 11.5 Å². The maximum atomic E-state index is 11.7. The molecule has 2 aromatic rings. The highest BCUT2D eigenvalue weighted by Gasteiger charge is 2.30. The largest absolute Gasteiger partial charge is 0.493 e. The number of aromatic nitrogens is 2. The van der Waals surface area contributed by atoms with E-state index >= 15 is 0 Å². The van der Waals surface area contributed by atoms with Gasteiger partial charge in [0.1, 0.15) is 6.33 Å². The Morgan fingerprint density at radius 3 is 2.44 bits per heavy atom. The van der Waals surface area contributed by atoms with Crippen LogP contribution in [-0.4, -0.2) is 60.1 Å². The van der Waals surface area contributed by atoms with Gasteiger partial charge in [0, 0.05) is 26.2 Å². The summed E-state index contributed by atoms with van der Waals surface area (Å²) < 4.78 is 10.9. The zero-order valence-corrected chi connectivity index (χ0v) is 14.1. The summed E-state index contributed by atoms with van der Waals surface area (Å²) >= 11 is 0. The standard InChI is InChI=1S/C16H19N5O4/c1-19-7-9-20(10-8-19)15-14(21(22)23)16(18-11-17-15)25-13-6-4-3-5-12(13)24-2/h3-6,11H,7-10H2,1-2H3. The number of hydrogen-bond acceptors (Lipinski definition) is 8. The van der Waals surface area contributed by atoms with Crippen LogP contribution in [0, 0.1) is 10.1 Å². The molecule has 1 saturated heterocycles. The van der Waals surface area contributed by atoms with Crippen molar-refractivity contribution in [3.63, 3.8) is 0 Å². The summed E-state index contributed by atoms with van der Waals surface area (Å²) in [6.45, 7) is 2.93. The minimum atomic E-state index is -0.502. The number of piperazine rings is 1. The first-order valence-electron chi connectivity index (χ1n) is 7.84. The first-order valence-corrected chi connectivity index (χ1v) is 7.84. The SMILES string of the molecule is COc1ccccc1Oc1ncnc(N2CCN(C)CC2)c1[N+](=O)[O-]. The molecule has 0 bridgehead atoms. The Labute approximate surface area is 145 Å². The lowest BCUT2D eigenvalue weighted by molar-refractivity contribution is -0.385. The zero-order valence-electron chi connectivity index (χ0n) is 14.1. The van der Waals surface area contributed by atoms with Crippen LogP contribution in [0.2, 0.25) is 0 Å². The molecule has 0 unspecified atom stereocenters. The summed E-state index contributed by atoms with van der Waals surface area (Å²) in [6.07, 6.45) is 1.28. The molecule has 9 heteroatoms. The Balaban J connectivity index is 1.97. The van der Waals surface area contributed by atoms with Gasteiger partial charge in [-0.05, 0) is 19.2 Å². The predicted octanol–water partition coefficient (Wildman–Crippen LogP) is 1.94. The van der Waals surface area contributed by atoms with Crippen LogP contribution in [0.1, 0.15) is 0 Å². The first-order chi connectivity index (χ1) is 12.1. The van der Waals surface area contributed by atoms with Crippen LogP contribution in [0.15, 0.2) is 30.6 Å². The van der Waals surface area contributed by atoms with Crippen LogP contribution in [0.3, 0.4) is 0 Å². The number of rotatable bonds is 5. The Morgan fingerprint density at radius 2 is 1.80 bits per heavy atom. The first kappa shape index (κ1) is 16.9. The molecular formula is C16H19N5O4. The molecule has 0 atom stereocenters. The third-order valence-corrected chi connectivity index (χ3v) is 4.03. The lowest BCUT2D eigenvalue weighted by Crippen LogP contribution is -2.45. The molecule has 3 rings (SSSR count). The van der Waals surface area contributed by atoms with E-state index in [1.165, 1.54) is 13.4 Å². The van der Waals surface area contributed by atoms with Gasteiger partial charge in [-0.15, -0.1) is 0 Å². The molecule has 9 nitrogen and oxygen atoms in total. The third kappa shape index (κ3) is 3.61. The second-order valence-corrected chi connectivity index (χ2v) is 5.65. The van der Waals surface area contributed by atoms with E-state index in [0.717, 1.165) is 13.1 Å². The maximum absolute atomic E-state index is 11.7. The quantitative estimate of drug-likeness (QED) is 0.599. The predicted molar refractivity (Wildman–Crippen MR) is 91.5 cm³/mol. The van der Waals surface area contributed by atoms with Crippen LogP contribution in [0.5, 0.6) is 17.4 Å². The number of likely N-dealkylation sites (N-methyl/N-ethyl adjacent to an activating group) is 1. The fourth-order valence-electron chi connectivity index (χ4n) is 2.65. The highest BCUT2D eigenvalue weighted by molar-refractivity contribution is 5.64. The number of ether oxygens (including phenoxy) is 2. The molecular weight excluding hydrogens is 326 g/mol. The summed E-state index contributed by atoms with van der Waals surface area (Å²) in [5.74, 6) is 1.00. The lowest BCUT2D eigenvalue weighted by Gasteiger charge is -2.32. The van der Waals surface area contributed by atoms with Crippen molar-refractivity contribution in [1.82, 2.24) is 14.9 Å². The molecule has 1 aliphatic heterocycles. The summed E-state index contributed by atoms with van der Waals surface area (Å²) in [7, 11) is 3.52. The highest BCUT2D eigenvalue weighted by Crippen LogP contribution is 2.38. The van der Waals surface area contributed by atoms with Gasteiger partial charge in [-0.1, -0.05) is 12.1 Å². The van der Waals surface area contributed by atoms with E-state index in [1.54, 1.807) is 24.3 Å². The number of para-hydroxylation sites is 2. The Bertz CT molecular complexity index is 762. The number of nitrogens with zero attached hydrogens (tertiary/aromatic N) is 5. The van der Waals surface area contributed by atoms with E-state index in [2.05, 4.69) is 14.9 Å². The normalized spacial score (nSPS) is 15.0. The minimum absolute atomic E-state index is 0.0987. The summed E-state index contributed by atoms with van der Waals surface area (Å²) in [5.41, 5.74) is -0.238. The second-order valence-electron chi connectivity index (χ2n) is 5.65. The van der Waals surface area contributed by atoms with Crippen molar-refractivity contribution in [2.45, 2.75) is 0 Å². The van der Waals surface area contributed by atoms with Crippen molar-refractivity contribution in [3.05, 3.63) is 40.7 Å². The number of anilines is 1. The molecule has 0 N–H and O–H groups in total. The number of benzene rings is 1. The second kappa shape index (κ2) is 7.31. The van der Waals surface area contributed by atoms with Gasteiger partial charge in [0.25, 0.3) is 0 Å². The molecule has 0 amide bonds. The molecule has 1 aromatic heterocycles. The van der Waals surface area contributed by atoms with Crippen LogP contribution < -0.4 is 14.4 Å². The average Bonchev–Trinajstić information content (AvgIpc) is 2.62. The molecule has 0 aliphatic carbocycles. The number of methoxy groups -OCH3 is 1. The molecule has 0 spiro atoms. The zero-order chi connectivity index (χ0) is 17.8. The minimum Gasteiger partial charge on any atom is -0.493 e. The van der Waals surface area contributed by atoms with Gasteiger partial charge >= 0.3 is 11.6 Å². The molecule has 2 heterocycles. The van der Waals surface area contributed by atoms with Crippen molar-refractivity contribution in [2.24, 2.45) is 0 Å². The molecule has 0 radical (unpaired) electrons. The Morgan fingerprint density at radius 1 is 1.12 bits per heavy atom. The van der Waals surface area contributed by atoms with E-state index in [1.807, 2.05) is 11.9 Å². The van der Waals surface area contributed by atoms with Gasteiger partial charge in [-0.25, -0.2) is 4.98 Å². The van der Waals surface area contributed by atoms with E-state index in [0.29, 0.717) is 24.6 Å². The molecule has 1 fully saturated rings. The third-order valence-electron chi connectivity index (χ3n) is 4.03. The van der Waals surface area contributed by atoms with Crippen LogP contribution in [0.25, 0.3) is 0 Å². The summed E-state index contributed by atoms with van der Waals surface area (Å²) in [5, 5.41) is 11.7. The van der Waals surface area contributed by atoms with Crippen molar-refractivity contribution in [1.29, 1.82) is 0 Å². The monoisotopic (exact) mass is 345 g/mol. The highest BCUT2D eigenvalue weighted by atomic mass is 16.6. The number of nitro groups is 1. The average molecular weight is 345 g/mol. The van der Waals surface area contributed by atoms with Gasteiger partial charge < -0.3 is 19.3 Å². The molecule has 0 saturated carbocycles. The summed E-state index contributed by atoms with van der Waals surface area (Å²) in [6, 6.07) is 6.92. The van der Waals surface area contributed by atoms with Crippen LogP contribution in [-0.2, 0) is 0 Å². The van der Waals surface area contributed by atoms with Crippen molar-refractivity contribution < 1.29 is 14.4 Å². The Kier molecular flexibility index (Phi) is 4.94. The van der Waals surface area contributed by atoms with Crippen molar-refractivity contribution in [2.75, 3.05) is 45.2 Å². The van der Waals surface area contributed by atoms with Crippen LogP contribution >= 0.6 is 0 Å². The number of hydrogen-bond donors (Lipinski definition) is 0. The van der Waals surface area contributed by atoms with Crippen LogP contribution in [0.4, 0.5) is 11.5 Å².